The molecule has 2 aliphatic carbocycles. The van der Waals surface area contributed by atoms with E-state index in [-0.39, 0.29) is 59.5 Å². The van der Waals surface area contributed by atoms with Gasteiger partial charge >= 0.3 is 0 Å². The second-order valence-electron chi connectivity index (χ2n) is 7.94. The standard InChI is InChI=1S/C22H28N4O2.HI/c1-3-23-22(25-13-15-6-4-5-14(2)11-15)24-9-10-26-20(27)18-16-7-8-17(12-16)19(18)21(26)28;/h4-8,11,16-19H,3,9-10,12-13H2,1-2H3,(H2,23,24,25);1H. The van der Waals surface area contributed by atoms with Gasteiger partial charge in [0.2, 0.25) is 11.8 Å². The number of aryl methyl sites for hydroxylation is 1. The molecule has 0 spiro atoms. The van der Waals surface area contributed by atoms with Crippen molar-refractivity contribution in [2.75, 3.05) is 19.6 Å². The third kappa shape index (κ3) is 4.34. The fraction of sp³-hybridized carbons (Fsp3) is 0.500. The van der Waals surface area contributed by atoms with Gasteiger partial charge in [-0.1, -0.05) is 42.0 Å². The van der Waals surface area contributed by atoms with Crippen LogP contribution < -0.4 is 10.6 Å². The molecule has 1 heterocycles. The highest BCUT2D eigenvalue weighted by atomic mass is 127. The Labute approximate surface area is 189 Å². The molecule has 2 bridgehead atoms. The Bertz CT molecular complexity index is 808. The molecule has 1 saturated heterocycles. The van der Waals surface area contributed by atoms with Crippen LogP contribution >= 0.6 is 24.0 Å². The number of guanidine groups is 1. The van der Waals surface area contributed by atoms with Crippen LogP contribution in [-0.2, 0) is 16.1 Å². The molecule has 2 amide bonds. The predicted octanol–water partition coefficient (Wildman–Crippen LogP) is 2.48. The molecular formula is C22H29IN4O2. The van der Waals surface area contributed by atoms with Gasteiger partial charge in [0.1, 0.15) is 0 Å². The van der Waals surface area contributed by atoms with Crippen LogP contribution in [0.5, 0.6) is 0 Å². The number of likely N-dealkylation sites (tertiary alicyclic amines) is 1. The van der Waals surface area contributed by atoms with E-state index in [1.54, 1.807) is 0 Å². The first kappa shape index (κ1) is 21.8. The molecule has 4 unspecified atom stereocenters. The van der Waals surface area contributed by atoms with Crippen LogP contribution in [0.1, 0.15) is 24.5 Å². The number of halogens is 1. The number of imide groups is 1. The van der Waals surface area contributed by atoms with Crippen LogP contribution in [0.4, 0.5) is 0 Å². The van der Waals surface area contributed by atoms with E-state index in [4.69, 9.17) is 0 Å². The number of benzene rings is 1. The van der Waals surface area contributed by atoms with Gasteiger partial charge in [-0.05, 0) is 37.7 Å². The lowest BCUT2D eigenvalue weighted by Gasteiger charge is -2.18. The molecule has 4 atom stereocenters. The summed E-state index contributed by atoms with van der Waals surface area (Å²) in [6.07, 6.45) is 5.22. The molecule has 156 valence electrons. The lowest BCUT2D eigenvalue weighted by molar-refractivity contribution is -0.140. The summed E-state index contributed by atoms with van der Waals surface area (Å²) in [6.45, 7) is 6.30. The number of nitrogens with zero attached hydrogens (tertiary/aromatic N) is 2. The molecular weight excluding hydrogens is 479 g/mol. The van der Waals surface area contributed by atoms with Crippen molar-refractivity contribution < 1.29 is 9.59 Å². The van der Waals surface area contributed by atoms with Crippen molar-refractivity contribution in [2.45, 2.75) is 26.8 Å². The first-order valence-electron chi connectivity index (χ1n) is 10.2. The van der Waals surface area contributed by atoms with Gasteiger partial charge in [0, 0.05) is 19.6 Å². The van der Waals surface area contributed by atoms with E-state index in [9.17, 15) is 9.59 Å². The highest BCUT2D eigenvalue weighted by molar-refractivity contribution is 14.0. The Morgan fingerprint density at radius 2 is 1.83 bits per heavy atom. The molecule has 1 aliphatic heterocycles. The third-order valence-corrected chi connectivity index (χ3v) is 6.04. The molecule has 0 radical (unpaired) electrons. The van der Waals surface area contributed by atoms with Crippen molar-refractivity contribution in [2.24, 2.45) is 28.7 Å². The lowest BCUT2D eigenvalue weighted by atomic mass is 9.85. The fourth-order valence-electron chi connectivity index (χ4n) is 4.79. The normalized spacial score (nSPS) is 27.2. The summed E-state index contributed by atoms with van der Waals surface area (Å²) >= 11 is 0. The Hall–Kier alpha value is -1.90. The summed E-state index contributed by atoms with van der Waals surface area (Å²) in [5.74, 6) is 1.00. The van der Waals surface area contributed by atoms with Gasteiger partial charge in [-0.25, -0.2) is 4.99 Å². The molecule has 2 N–H and O–H groups in total. The largest absolute Gasteiger partial charge is 0.357 e. The molecule has 1 aromatic rings. The van der Waals surface area contributed by atoms with E-state index < -0.39 is 0 Å². The van der Waals surface area contributed by atoms with Gasteiger partial charge in [-0.3, -0.25) is 14.5 Å². The number of amides is 2. The van der Waals surface area contributed by atoms with Crippen LogP contribution in [0.3, 0.4) is 0 Å². The Morgan fingerprint density at radius 1 is 1.14 bits per heavy atom. The van der Waals surface area contributed by atoms with Crippen molar-refractivity contribution >= 4 is 41.8 Å². The van der Waals surface area contributed by atoms with Gasteiger partial charge < -0.3 is 10.6 Å². The zero-order valence-corrected chi connectivity index (χ0v) is 19.3. The number of fused-ring (bicyclic) bond motifs is 5. The minimum absolute atomic E-state index is 0. The summed E-state index contributed by atoms with van der Waals surface area (Å²) in [5.41, 5.74) is 2.36. The number of carbonyl (C=O) groups is 2. The van der Waals surface area contributed by atoms with Crippen molar-refractivity contribution in [1.29, 1.82) is 0 Å². The molecule has 7 heteroatoms. The number of nitrogens with one attached hydrogen (secondary N) is 2. The monoisotopic (exact) mass is 508 g/mol. The minimum atomic E-state index is -0.120. The van der Waals surface area contributed by atoms with Gasteiger partial charge in [0.05, 0.1) is 18.4 Å². The van der Waals surface area contributed by atoms with E-state index in [1.165, 1.54) is 10.5 Å². The topological polar surface area (TPSA) is 73.8 Å². The summed E-state index contributed by atoms with van der Waals surface area (Å²) in [5, 5.41) is 6.47. The first-order chi connectivity index (χ1) is 13.6. The maximum Gasteiger partial charge on any atom is 0.233 e. The smallest absolute Gasteiger partial charge is 0.233 e. The number of aliphatic imine (C=N–C) groups is 1. The van der Waals surface area contributed by atoms with Gasteiger partial charge in [-0.15, -0.1) is 24.0 Å². The summed E-state index contributed by atoms with van der Waals surface area (Å²) < 4.78 is 0. The molecule has 2 fully saturated rings. The van der Waals surface area contributed by atoms with Gasteiger partial charge in [0.15, 0.2) is 5.96 Å². The van der Waals surface area contributed by atoms with E-state index in [2.05, 4.69) is 52.9 Å². The Morgan fingerprint density at radius 3 is 2.45 bits per heavy atom. The minimum Gasteiger partial charge on any atom is -0.357 e. The van der Waals surface area contributed by atoms with Crippen LogP contribution in [0.15, 0.2) is 41.4 Å². The van der Waals surface area contributed by atoms with Crippen molar-refractivity contribution in [3.8, 4) is 0 Å². The first-order valence-corrected chi connectivity index (χ1v) is 10.2. The van der Waals surface area contributed by atoms with Gasteiger partial charge in [-0.2, -0.15) is 0 Å². The number of hydrogen-bond acceptors (Lipinski definition) is 3. The number of carbonyl (C=O) groups excluding carboxylic acids is 2. The van der Waals surface area contributed by atoms with Crippen LogP contribution in [0, 0.1) is 30.6 Å². The van der Waals surface area contributed by atoms with Crippen LogP contribution in [0.2, 0.25) is 0 Å². The summed E-state index contributed by atoms with van der Waals surface area (Å²) in [6, 6.07) is 8.28. The molecule has 0 aromatic heterocycles. The Kier molecular flexibility index (Phi) is 6.97. The maximum atomic E-state index is 12.7. The molecule has 29 heavy (non-hydrogen) atoms. The van der Waals surface area contributed by atoms with E-state index >= 15 is 0 Å². The number of allylic oxidation sites excluding steroid dienone is 2. The third-order valence-electron chi connectivity index (χ3n) is 6.04. The van der Waals surface area contributed by atoms with Crippen molar-refractivity contribution in [3.63, 3.8) is 0 Å². The number of rotatable bonds is 6. The molecule has 1 saturated carbocycles. The van der Waals surface area contributed by atoms with Crippen molar-refractivity contribution in [3.05, 3.63) is 47.5 Å². The predicted molar refractivity (Wildman–Crippen MR) is 124 cm³/mol. The summed E-state index contributed by atoms with van der Waals surface area (Å²) in [4.78, 5) is 31.5. The second-order valence-corrected chi connectivity index (χ2v) is 7.94. The zero-order valence-electron chi connectivity index (χ0n) is 16.9. The summed E-state index contributed by atoms with van der Waals surface area (Å²) in [7, 11) is 0. The SMILES string of the molecule is CCNC(=NCc1cccc(C)c1)NCCN1C(=O)C2C3C=CC(C3)C2C1=O.I. The highest BCUT2D eigenvalue weighted by Crippen LogP contribution is 2.52. The van der Waals surface area contributed by atoms with Crippen LogP contribution in [0.25, 0.3) is 0 Å². The lowest BCUT2D eigenvalue weighted by Crippen LogP contribution is -2.43. The number of hydrogen-bond donors (Lipinski definition) is 2. The van der Waals surface area contributed by atoms with E-state index in [1.807, 2.05) is 13.0 Å². The quantitative estimate of drug-likeness (QED) is 0.204. The fourth-order valence-corrected chi connectivity index (χ4v) is 4.79. The average Bonchev–Trinajstić information content (AvgIpc) is 3.35. The molecule has 4 rings (SSSR count). The Balaban J connectivity index is 0.00000240. The average molecular weight is 508 g/mol. The van der Waals surface area contributed by atoms with Crippen molar-refractivity contribution in [1.82, 2.24) is 15.5 Å². The van der Waals surface area contributed by atoms with E-state index in [0.29, 0.717) is 25.6 Å². The molecule has 6 nitrogen and oxygen atoms in total. The van der Waals surface area contributed by atoms with Gasteiger partial charge in [0.25, 0.3) is 0 Å². The zero-order chi connectivity index (χ0) is 19.7. The molecule has 3 aliphatic rings. The second kappa shape index (κ2) is 9.28. The maximum absolute atomic E-state index is 12.7. The van der Waals surface area contributed by atoms with Crippen LogP contribution in [-0.4, -0.2) is 42.3 Å². The highest BCUT2D eigenvalue weighted by Gasteiger charge is 2.58. The molecule has 1 aromatic carbocycles. The van der Waals surface area contributed by atoms with E-state index in [0.717, 1.165) is 18.5 Å².